The van der Waals surface area contributed by atoms with E-state index in [1.165, 1.54) is 11.2 Å². The Hall–Kier alpha value is -3.26. The van der Waals surface area contributed by atoms with E-state index in [1.54, 1.807) is 36.5 Å². The Labute approximate surface area is 175 Å². The van der Waals surface area contributed by atoms with Gasteiger partial charge in [0.25, 0.3) is 5.91 Å². The Bertz CT molecular complexity index is 915. The molecule has 160 valence electrons. The number of hydrogen-bond acceptors (Lipinski definition) is 5. The molecule has 0 unspecified atom stereocenters. The minimum Gasteiger partial charge on any atom is -0.467 e. The molecule has 8 nitrogen and oxygen atoms in total. The van der Waals surface area contributed by atoms with Crippen LogP contribution in [-0.4, -0.2) is 53.0 Å². The second-order valence-electron chi connectivity index (χ2n) is 6.99. The molecule has 0 aliphatic carbocycles. The third kappa shape index (κ3) is 5.64. The van der Waals surface area contributed by atoms with Gasteiger partial charge in [0.1, 0.15) is 12.3 Å². The number of nitrogens with zero attached hydrogens (tertiary/aromatic N) is 3. The van der Waals surface area contributed by atoms with Crippen LogP contribution in [0.2, 0.25) is 0 Å². The number of carbonyl (C=O) groups excluding carboxylic acids is 2. The van der Waals surface area contributed by atoms with E-state index in [2.05, 4.69) is 0 Å². The van der Waals surface area contributed by atoms with Crippen LogP contribution >= 0.6 is 0 Å². The molecule has 0 aliphatic rings. The van der Waals surface area contributed by atoms with Gasteiger partial charge in [-0.25, -0.2) is 0 Å². The molecule has 0 saturated carbocycles. The fourth-order valence-corrected chi connectivity index (χ4v) is 3.15. The van der Waals surface area contributed by atoms with Gasteiger partial charge in [0.05, 0.1) is 25.6 Å². The third-order valence-corrected chi connectivity index (χ3v) is 4.81. The summed E-state index contributed by atoms with van der Waals surface area (Å²) in [5, 5.41) is 0. The van der Waals surface area contributed by atoms with Gasteiger partial charge >= 0.3 is 0 Å². The van der Waals surface area contributed by atoms with Gasteiger partial charge in [0.2, 0.25) is 5.91 Å². The molecule has 0 spiro atoms. The lowest BCUT2D eigenvalue weighted by Crippen LogP contribution is -2.43. The Morgan fingerprint density at radius 1 is 1.03 bits per heavy atom. The number of carbonyl (C=O) groups is 2. The van der Waals surface area contributed by atoms with Crippen LogP contribution in [0.15, 0.2) is 64.0 Å². The smallest absolute Gasteiger partial charge is 0.290 e. The summed E-state index contributed by atoms with van der Waals surface area (Å²) in [6.45, 7) is 1.55. The van der Waals surface area contributed by atoms with Gasteiger partial charge in [-0.2, -0.15) is 0 Å². The van der Waals surface area contributed by atoms with E-state index in [9.17, 15) is 9.59 Å². The zero-order chi connectivity index (χ0) is 21.3. The molecule has 8 heteroatoms. The predicted molar refractivity (Wildman–Crippen MR) is 109 cm³/mol. The largest absolute Gasteiger partial charge is 0.467 e. The molecule has 3 aromatic heterocycles. The number of hydrogen-bond donors (Lipinski definition) is 0. The van der Waals surface area contributed by atoms with Gasteiger partial charge in [-0.15, -0.1) is 0 Å². The Balaban J connectivity index is 1.75. The summed E-state index contributed by atoms with van der Waals surface area (Å²) in [6.07, 6.45) is 5.58. The van der Waals surface area contributed by atoms with Crippen molar-refractivity contribution < 1.29 is 23.2 Å². The lowest BCUT2D eigenvalue weighted by Gasteiger charge is -2.27. The molecule has 0 fully saturated rings. The summed E-state index contributed by atoms with van der Waals surface area (Å²) < 4.78 is 17.7. The first-order valence-electron chi connectivity index (χ1n) is 9.80. The summed E-state index contributed by atoms with van der Waals surface area (Å²) in [5.41, 5.74) is 0.984. The molecule has 0 atom stereocenters. The lowest BCUT2D eigenvalue weighted by atomic mass is 10.3. The van der Waals surface area contributed by atoms with Crippen molar-refractivity contribution in [1.29, 1.82) is 0 Å². The summed E-state index contributed by atoms with van der Waals surface area (Å²) in [5.74, 6) is 0.396. The van der Waals surface area contributed by atoms with Gasteiger partial charge in [0, 0.05) is 39.2 Å². The molecule has 0 N–H and O–H groups in total. The molecule has 2 amide bonds. The fourth-order valence-electron chi connectivity index (χ4n) is 3.15. The summed E-state index contributed by atoms with van der Waals surface area (Å²) in [7, 11) is 3.54. The Kier molecular flexibility index (Phi) is 7.51. The average molecular weight is 413 g/mol. The molecule has 3 heterocycles. The second-order valence-corrected chi connectivity index (χ2v) is 6.99. The van der Waals surface area contributed by atoms with Crippen molar-refractivity contribution >= 4 is 11.8 Å². The number of methoxy groups -OCH3 is 1. The highest BCUT2D eigenvalue weighted by Gasteiger charge is 2.24. The standard InChI is InChI=1S/C22H27N3O5/c1-23-10-3-7-18(23)15-25(16-19-8-4-13-29-19)21(26)17-24(11-6-12-28-2)22(27)20-9-5-14-30-20/h3-5,7-10,13-14H,6,11-12,15-17H2,1-2H3. The summed E-state index contributed by atoms with van der Waals surface area (Å²) in [4.78, 5) is 29.3. The van der Waals surface area contributed by atoms with Crippen LogP contribution < -0.4 is 0 Å². The van der Waals surface area contributed by atoms with Gasteiger partial charge in [0.15, 0.2) is 5.76 Å². The van der Waals surface area contributed by atoms with Gasteiger partial charge in [-0.1, -0.05) is 0 Å². The maximum Gasteiger partial charge on any atom is 0.290 e. The molecule has 30 heavy (non-hydrogen) atoms. The van der Waals surface area contributed by atoms with Crippen molar-refractivity contribution in [1.82, 2.24) is 14.4 Å². The van der Waals surface area contributed by atoms with E-state index in [0.29, 0.717) is 38.4 Å². The number of aromatic nitrogens is 1. The van der Waals surface area contributed by atoms with Crippen LogP contribution in [-0.2, 0) is 29.7 Å². The number of amides is 2. The minimum atomic E-state index is -0.318. The van der Waals surface area contributed by atoms with E-state index in [0.717, 1.165) is 5.69 Å². The van der Waals surface area contributed by atoms with Crippen molar-refractivity contribution in [2.24, 2.45) is 7.05 Å². The molecule has 0 saturated heterocycles. The minimum absolute atomic E-state index is 0.0611. The zero-order valence-corrected chi connectivity index (χ0v) is 17.3. The second kappa shape index (κ2) is 10.5. The normalized spacial score (nSPS) is 10.9. The van der Waals surface area contributed by atoms with E-state index in [4.69, 9.17) is 13.6 Å². The van der Waals surface area contributed by atoms with Crippen molar-refractivity contribution in [3.05, 3.63) is 72.3 Å². The van der Waals surface area contributed by atoms with Crippen LogP contribution in [0.4, 0.5) is 0 Å². The topological polar surface area (TPSA) is 81.1 Å². The fraction of sp³-hybridized carbons (Fsp3) is 0.364. The first-order valence-corrected chi connectivity index (χ1v) is 9.80. The Morgan fingerprint density at radius 2 is 1.83 bits per heavy atom. The number of rotatable bonds is 11. The van der Waals surface area contributed by atoms with Crippen LogP contribution in [0.3, 0.4) is 0 Å². The van der Waals surface area contributed by atoms with Gasteiger partial charge in [-0.05, 0) is 42.8 Å². The van der Waals surface area contributed by atoms with E-state index in [-0.39, 0.29) is 24.1 Å². The molecule has 3 rings (SSSR count). The van der Waals surface area contributed by atoms with Crippen LogP contribution in [0.1, 0.15) is 28.4 Å². The van der Waals surface area contributed by atoms with E-state index < -0.39 is 0 Å². The first-order chi connectivity index (χ1) is 14.6. The van der Waals surface area contributed by atoms with Gasteiger partial charge < -0.3 is 27.9 Å². The molecule has 0 aromatic carbocycles. The average Bonchev–Trinajstić information content (AvgIpc) is 3.50. The first kappa shape index (κ1) is 21.4. The Morgan fingerprint density at radius 3 is 2.47 bits per heavy atom. The number of aryl methyl sites for hydroxylation is 1. The highest BCUT2D eigenvalue weighted by Crippen LogP contribution is 2.13. The maximum absolute atomic E-state index is 13.2. The van der Waals surface area contributed by atoms with Crippen LogP contribution in [0.25, 0.3) is 0 Å². The molecular formula is C22H27N3O5. The summed E-state index contributed by atoms with van der Waals surface area (Å²) in [6, 6.07) is 10.8. The third-order valence-electron chi connectivity index (χ3n) is 4.81. The molecule has 0 aliphatic heterocycles. The summed E-state index contributed by atoms with van der Waals surface area (Å²) >= 11 is 0. The lowest BCUT2D eigenvalue weighted by molar-refractivity contribution is -0.133. The highest BCUT2D eigenvalue weighted by atomic mass is 16.5. The number of furan rings is 2. The van der Waals surface area contributed by atoms with Crippen LogP contribution in [0, 0.1) is 0 Å². The SMILES string of the molecule is COCCCN(CC(=O)N(Cc1ccco1)Cc1cccn1C)C(=O)c1ccco1. The quantitative estimate of drug-likeness (QED) is 0.452. The highest BCUT2D eigenvalue weighted by molar-refractivity contribution is 5.94. The van der Waals surface area contributed by atoms with Crippen molar-refractivity contribution in [3.63, 3.8) is 0 Å². The van der Waals surface area contributed by atoms with Crippen molar-refractivity contribution in [2.45, 2.75) is 19.5 Å². The zero-order valence-electron chi connectivity index (χ0n) is 17.3. The predicted octanol–water partition coefficient (Wildman–Crippen LogP) is 2.92. The maximum atomic E-state index is 13.2. The molecule has 3 aromatic rings. The molecular weight excluding hydrogens is 386 g/mol. The van der Waals surface area contributed by atoms with Crippen LogP contribution in [0.5, 0.6) is 0 Å². The van der Waals surface area contributed by atoms with Gasteiger partial charge in [-0.3, -0.25) is 9.59 Å². The van der Waals surface area contributed by atoms with Crippen molar-refractivity contribution in [3.8, 4) is 0 Å². The van der Waals surface area contributed by atoms with E-state index >= 15 is 0 Å². The van der Waals surface area contributed by atoms with Crippen molar-refractivity contribution in [2.75, 3.05) is 26.8 Å². The number of ether oxygens (including phenoxy) is 1. The monoisotopic (exact) mass is 413 g/mol. The molecule has 0 bridgehead atoms. The van der Waals surface area contributed by atoms with E-state index in [1.807, 2.05) is 36.0 Å². The molecule has 0 radical (unpaired) electrons.